The minimum absolute atomic E-state index is 0.952. The Morgan fingerprint density at radius 3 is 2.00 bits per heavy atom. The molecule has 0 aliphatic carbocycles. The number of aromatic nitrogens is 2. The molecule has 130 valence electrons. The molecule has 0 saturated carbocycles. The Balaban J connectivity index is 1.67. The van der Waals surface area contributed by atoms with Crippen molar-refractivity contribution in [1.29, 1.82) is 0 Å². The maximum atomic E-state index is 4.64. The van der Waals surface area contributed by atoms with Gasteiger partial charge >= 0.3 is 0 Å². The van der Waals surface area contributed by atoms with E-state index in [4.69, 9.17) is 0 Å². The summed E-state index contributed by atoms with van der Waals surface area (Å²) in [5, 5.41) is 7.29. The van der Waals surface area contributed by atoms with Crippen LogP contribution < -0.4 is 0 Å². The fourth-order valence-corrected chi connectivity index (χ4v) is 4.12. The van der Waals surface area contributed by atoms with E-state index in [1.807, 2.05) is 24.5 Å². The smallest absolute Gasteiger partial charge is 0.0970 e. The lowest BCUT2D eigenvalue weighted by molar-refractivity contribution is 1.37. The second-order valence-electron chi connectivity index (χ2n) is 7.16. The van der Waals surface area contributed by atoms with E-state index >= 15 is 0 Å². The van der Waals surface area contributed by atoms with Crippen molar-refractivity contribution in [3.8, 4) is 11.1 Å². The van der Waals surface area contributed by atoms with Gasteiger partial charge in [0.15, 0.2) is 0 Å². The molecule has 0 N–H and O–H groups in total. The monoisotopic (exact) mass is 356 g/mol. The highest BCUT2D eigenvalue weighted by atomic mass is 14.7. The third-order valence-corrected chi connectivity index (χ3v) is 5.48. The third-order valence-electron chi connectivity index (χ3n) is 5.48. The second kappa shape index (κ2) is 5.86. The Labute approximate surface area is 162 Å². The number of fused-ring (bicyclic) bond motifs is 5. The van der Waals surface area contributed by atoms with E-state index in [-0.39, 0.29) is 0 Å². The van der Waals surface area contributed by atoms with E-state index in [1.54, 1.807) is 0 Å². The zero-order chi connectivity index (χ0) is 18.5. The van der Waals surface area contributed by atoms with Crippen LogP contribution in [-0.4, -0.2) is 9.97 Å². The first-order chi connectivity index (χ1) is 13.9. The van der Waals surface area contributed by atoms with Crippen LogP contribution >= 0.6 is 0 Å². The van der Waals surface area contributed by atoms with Gasteiger partial charge in [-0.25, -0.2) is 0 Å². The molecule has 0 unspecified atom stereocenters. The Kier molecular flexibility index (Phi) is 3.20. The lowest BCUT2D eigenvalue weighted by Crippen LogP contribution is -1.89. The van der Waals surface area contributed by atoms with Crippen LogP contribution in [0.2, 0.25) is 0 Å². The first-order valence-corrected chi connectivity index (χ1v) is 9.42. The van der Waals surface area contributed by atoms with Gasteiger partial charge in [-0.1, -0.05) is 48.5 Å². The van der Waals surface area contributed by atoms with Crippen molar-refractivity contribution in [1.82, 2.24) is 9.97 Å². The number of hydrogen-bond acceptors (Lipinski definition) is 2. The molecule has 2 nitrogen and oxygen atoms in total. The molecule has 6 rings (SSSR count). The summed E-state index contributed by atoms with van der Waals surface area (Å²) in [7, 11) is 0. The third kappa shape index (κ3) is 2.28. The van der Waals surface area contributed by atoms with Gasteiger partial charge in [0, 0.05) is 23.2 Å². The molecule has 0 amide bonds. The molecule has 0 aliphatic rings. The van der Waals surface area contributed by atoms with Crippen molar-refractivity contribution in [2.45, 2.75) is 0 Å². The molecule has 28 heavy (non-hydrogen) atoms. The van der Waals surface area contributed by atoms with Gasteiger partial charge in [0.2, 0.25) is 0 Å². The standard InChI is InChI=1S/C26H16N2/c1-2-6-18-14-22-15-20(10-9-19(22)13-17(18)5-1)24-16-21-7-3-11-27-25(21)26-23(24)8-4-12-28-26/h1-16H. The Morgan fingerprint density at radius 2 is 1.14 bits per heavy atom. The number of nitrogens with zero attached hydrogens (tertiary/aromatic N) is 2. The predicted molar refractivity (Wildman–Crippen MR) is 117 cm³/mol. The Hall–Kier alpha value is -3.78. The predicted octanol–water partition coefficient (Wildman–Crippen LogP) is 6.76. The van der Waals surface area contributed by atoms with Crippen molar-refractivity contribution in [2.75, 3.05) is 0 Å². The molecule has 0 spiro atoms. The SMILES string of the molecule is c1ccc2cc3cc(-c4cc5cccnc5c5ncccc45)ccc3cc2c1. The molecule has 2 heteroatoms. The molecule has 0 aliphatic heterocycles. The van der Waals surface area contributed by atoms with Gasteiger partial charge in [-0.3, -0.25) is 9.97 Å². The normalized spacial score (nSPS) is 11.6. The van der Waals surface area contributed by atoms with Crippen LogP contribution in [0.3, 0.4) is 0 Å². The molecular formula is C26H16N2. The van der Waals surface area contributed by atoms with E-state index < -0.39 is 0 Å². The van der Waals surface area contributed by atoms with Gasteiger partial charge in [-0.2, -0.15) is 0 Å². The average Bonchev–Trinajstić information content (AvgIpc) is 2.77. The van der Waals surface area contributed by atoms with Crippen molar-refractivity contribution in [3.63, 3.8) is 0 Å². The number of pyridine rings is 2. The molecule has 2 heterocycles. The van der Waals surface area contributed by atoms with Crippen molar-refractivity contribution >= 4 is 43.4 Å². The molecule has 0 fully saturated rings. The largest absolute Gasteiger partial charge is 0.254 e. The quantitative estimate of drug-likeness (QED) is 0.240. The molecule has 0 bridgehead atoms. The molecular weight excluding hydrogens is 340 g/mol. The highest BCUT2D eigenvalue weighted by Crippen LogP contribution is 2.35. The van der Waals surface area contributed by atoms with Gasteiger partial charge in [-0.05, 0) is 69.1 Å². The molecule has 0 radical (unpaired) electrons. The number of rotatable bonds is 1. The minimum atomic E-state index is 0.952. The van der Waals surface area contributed by atoms with Crippen molar-refractivity contribution in [3.05, 3.63) is 97.3 Å². The van der Waals surface area contributed by atoms with E-state index in [2.05, 4.69) is 82.8 Å². The molecule has 2 aromatic heterocycles. The first-order valence-electron chi connectivity index (χ1n) is 9.42. The fourth-order valence-electron chi connectivity index (χ4n) is 4.12. The summed E-state index contributed by atoms with van der Waals surface area (Å²) in [6.45, 7) is 0. The maximum Gasteiger partial charge on any atom is 0.0970 e. The summed E-state index contributed by atoms with van der Waals surface area (Å²) >= 11 is 0. The van der Waals surface area contributed by atoms with Crippen molar-refractivity contribution in [2.24, 2.45) is 0 Å². The maximum absolute atomic E-state index is 4.64. The van der Waals surface area contributed by atoms with Crippen LogP contribution in [0.25, 0.3) is 54.5 Å². The molecule has 4 aromatic carbocycles. The van der Waals surface area contributed by atoms with Gasteiger partial charge < -0.3 is 0 Å². The summed E-state index contributed by atoms with van der Waals surface area (Å²) < 4.78 is 0. The second-order valence-corrected chi connectivity index (χ2v) is 7.16. The van der Waals surface area contributed by atoms with E-state index in [1.165, 1.54) is 32.7 Å². The van der Waals surface area contributed by atoms with Crippen LogP contribution in [0.4, 0.5) is 0 Å². The molecule has 0 saturated heterocycles. The summed E-state index contributed by atoms with van der Waals surface area (Å²) in [6, 6.07) is 30.2. The van der Waals surface area contributed by atoms with Crippen LogP contribution in [0.1, 0.15) is 0 Å². The number of hydrogen-bond donors (Lipinski definition) is 0. The van der Waals surface area contributed by atoms with Gasteiger partial charge in [-0.15, -0.1) is 0 Å². The summed E-state index contributed by atoms with van der Waals surface area (Å²) in [4.78, 5) is 9.20. The topological polar surface area (TPSA) is 25.8 Å². The van der Waals surface area contributed by atoms with Crippen LogP contribution in [0.15, 0.2) is 97.3 Å². The lowest BCUT2D eigenvalue weighted by atomic mass is 9.95. The summed E-state index contributed by atoms with van der Waals surface area (Å²) in [5.41, 5.74) is 4.30. The zero-order valence-corrected chi connectivity index (χ0v) is 15.1. The summed E-state index contributed by atoms with van der Waals surface area (Å²) in [5.74, 6) is 0. The highest BCUT2D eigenvalue weighted by Gasteiger charge is 2.10. The van der Waals surface area contributed by atoms with Gasteiger partial charge in [0.1, 0.15) is 0 Å². The van der Waals surface area contributed by atoms with Crippen LogP contribution in [0, 0.1) is 0 Å². The Bertz CT molecular complexity index is 1520. The zero-order valence-electron chi connectivity index (χ0n) is 15.1. The van der Waals surface area contributed by atoms with E-state index in [0.717, 1.165) is 21.8 Å². The van der Waals surface area contributed by atoms with Gasteiger partial charge in [0.25, 0.3) is 0 Å². The highest BCUT2D eigenvalue weighted by molar-refractivity contribution is 6.11. The lowest BCUT2D eigenvalue weighted by Gasteiger charge is -2.11. The van der Waals surface area contributed by atoms with E-state index in [0.29, 0.717) is 0 Å². The Morgan fingerprint density at radius 1 is 0.464 bits per heavy atom. The first kappa shape index (κ1) is 15.3. The summed E-state index contributed by atoms with van der Waals surface area (Å²) in [6.07, 6.45) is 3.67. The average molecular weight is 356 g/mol. The van der Waals surface area contributed by atoms with E-state index in [9.17, 15) is 0 Å². The van der Waals surface area contributed by atoms with Gasteiger partial charge in [0.05, 0.1) is 11.0 Å². The van der Waals surface area contributed by atoms with Crippen LogP contribution in [-0.2, 0) is 0 Å². The fraction of sp³-hybridized carbons (Fsp3) is 0. The minimum Gasteiger partial charge on any atom is -0.254 e. The molecule has 6 aromatic rings. The number of benzene rings is 4. The van der Waals surface area contributed by atoms with Crippen LogP contribution in [0.5, 0.6) is 0 Å². The van der Waals surface area contributed by atoms with Crippen molar-refractivity contribution < 1.29 is 0 Å². The molecule has 0 atom stereocenters.